The number of hydrogen-bond donors (Lipinski definition) is 3. The van der Waals surface area contributed by atoms with Crippen molar-refractivity contribution in [2.24, 2.45) is 0 Å². The number of anilines is 1. The Bertz CT molecular complexity index is 1210. The molecule has 0 saturated heterocycles. The predicted octanol–water partition coefficient (Wildman–Crippen LogP) is 3.06. The highest BCUT2D eigenvalue weighted by molar-refractivity contribution is 5.82. The molecule has 6 nitrogen and oxygen atoms in total. The van der Waals surface area contributed by atoms with E-state index in [0.717, 1.165) is 41.8 Å². The average molecular weight is 371 g/mol. The highest BCUT2D eigenvalue weighted by Crippen LogP contribution is 2.23. The number of aromatic nitrogens is 3. The standard InChI is InChI=1S/C22H21N5O/c23-16-7-5-14(6-8-16)21-25-20-9-10-27(13-18(20)22(28)26-21)12-15-11-24-19-4-2-1-3-17(15)19/h1-8,11,24H,9-10,12-13,23H2,(H,25,26,28). The van der Waals surface area contributed by atoms with Crippen LogP contribution in [0.1, 0.15) is 16.8 Å². The van der Waals surface area contributed by atoms with E-state index >= 15 is 0 Å². The fourth-order valence-electron chi connectivity index (χ4n) is 3.90. The molecule has 0 spiro atoms. The summed E-state index contributed by atoms with van der Waals surface area (Å²) in [4.78, 5) is 26.0. The minimum Gasteiger partial charge on any atom is -0.399 e. The Hall–Kier alpha value is -3.38. The monoisotopic (exact) mass is 371 g/mol. The Balaban J connectivity index is 1.41. The number of nitrogens with two attached hydrogens (primary N) is 1. The maximum absolute atomic E-state index is 12.7. The van der Waals surface area contributed by atoms with Crippen molar-refractivity contribution < 1.29 is 0 Å². The molecular weight excluding hydrogens is 350 g/mol. The Morgan fingerprint density at radius 2 is 1.93 bits per heavy atom. The zero-order valence-electron chi connectivity index (χ0n) is 15.4. The fourth-order valence-corrected chi connectivity index (χ4v) is 3.90. The highest BCUT2D eigenvalue weighted by atomic mass is 16.1. The lowest BCUT2D eigenvalue weighted by Gasteiger charge is -2.27. The van der Waals surface area contributed by atoms with Crippen LogP contribution in [0.5, 0.6) is 0 Å². The zero-order valence-corrected chi connectivity index (χ0v) is 15.4. The largest absolute Gasteiger partial charge is 0.399 e. The number of para-hydroxylation sites is 1. The van der Waals surface area contributed by atoms with E-state index in [0.29, 0.717) is 18.1 Å². The second kappa shape index (κ2) is 6.65. The number of rotatable bonds is 3. The first-order chi connectivity index (χ1) is 13.7. The van der Waals surface area contributed by atoms with Gasteiger partial charge in [-0.3, -0.25) is 9.69 Å². The van der Waals surface area contributed by atoms with Crippen molar-refractivity contribution in [1.29, 1.82) is 0 Å². The van der Waals surface area contributed by atoms with Crippen LogP contribution in [-0.2, 0) is 19.5 Å². The molecule has 0 unspecified atom stereocenters. The number of nitrogen functional groups attached to an aromatic ring is 1. The molecule has 6 heteroatoms. The molecule has 28 heavy (non-hydrogen) atoms. The van der Waals surface area contributed by atoms with Gasteiger partial charge in [0.1, 0.15) is 5.82 Å². The maximum atomic E-state index is 12.7. The van der Waals surface area contributed by atoms with Gasteiger partial charge in [0.25, 0.3) is 5.56 Å². The quantitative estimate of drug-likeness (QED) is 0.483. The molecule has 1 aliphatic rings. The lowest BCUT2D eigenvalue weighted by Crippen LogP contribution is -2.35. The Kier molecular flexibility index (Phi) is 3.98. The van der Waals surface area contributed by atoms with Gasteiger partial charge in [0.15, 0.2) is 0 Å². The van der Waals surface area contributed by atoms with E-state index in [9.17, 15) is 4.79 Å². The Labute approximate surface area is 162 Å². The summed E-state index contributed by atoms with van der Waals surface area (Å²) in [7, 11) is 0. The molecule has 0 radical (unpaired) electrons. The van der Waals surface area contributed by atoms with E-state index in [1.165, 1.54) is 10.9 Å². The maximum Gasteiger partial charge on any atom is 0.255 e. The molecule has 0 amide bonds. The van der Waals surface area contributed by atoms with Crippen molar-refractivity contribution in [2.45, 2.75) is 19.5 Å². The van der Waals surface area contributed by atoms with Gasteiger partial charge in [-0.15, -0.1) is 0 Å². The van der Waals surface area contributed by atoms with Gasteiger partial charge in [0, 0.05) is 54.4 Å². The number of H-pyrrole nitrogens is 2. The van der Waals surface area contributed by atoms with E-state index in [1.54, 1.807) is 0 Å². The minimum absolute atomic E-state index is 0.0551. The first-order valence-electron chi connectivity index (χ1n) is 9.43. The molecule has 4 N–H and O–H groups in total. The number of fused-ring (bicyclic) bond motifs is 2. The molecule has 1 aliphatic heterocycles. The number of nitrogens with zero attached hydrogens (tertiary/aromatic N) is 2. The molecule has 2 aromatic heterocycles. The SMILES string of the molecule is Nc1ccc(-c2nc3c(c(=O)[nH]2)CN(Cc2c[nH]c4ccccc24)CC3)cc1. The number of nitrogens with one attached hydrogen (secondary N) is 2. The van der Waals surface area contributed by atoms with Crippen molar-refractivity contribution in [3.8, 4) is 11.4 Å². The van der Waals surface area contributed by atoms with Crippen LogP contribution < -0.4 is 11.3 Å². The van der Waals surface area contributed by atoms with Gasteiger partial charge in [0.2, 0.25) is 0 Å². The summed E-state index contributed by atoms with van der Waals surface area (Å²) in [6.45, 7) is 2.30. The lowest BCUT2D eigenvalue weighted by atomic mass is 10.0. The number of aromatic amines is 2. The fraction of sp³-hybridized carbons (Fsp3) is 0.182. The molecule has 0 bridgehead atoms. The molecular formula is C22H21N5O. The van der Waals surface area contributed by atoms with Crippen molar-refractivity contribution in [3.05, 3.63) is 81.9 Å². The minimum atomic E-state index is -0.0551. The van der Waals surface area contributed by atoms with Gasteiger partial charge >= 0.3 is 0 Å². The number of hydrogen-bond acceptors (Lipinski definition) is 4. The van der Waals surface area contributed by atoms with E-state index in [4.69, 9.17) is 10.7 Å². The van der Waals surface area contributed by atoms with Crippen LogP contribution in [0.25, 0.3) is 22.3 Å². The van der Waals surface area contributed by atoms with Gasteiger partial charge in [-0.25, -0.2) is 4.98 Å². The molecule has 0 saturated carbocycles. The molecule has 0 atom stereocenters. The molecule has 0 aliphatic carbocycles. The lowest BCUT2D eigenvalue weighted by molar-refractivity contribution is 0.242. The van der Waals surface area contributed by atoms with Crippen LogP contribution in [0.15, 0.2) is 59.5 Å². The summed E-state index contributed by atoms with van der Waals surface area (Å²) in [6, 6.07) is 15.7. The van der Waals surface area contributed by atoms with Gasteiger partial charge in [0.05, 0.1) is 11.3 Å². The topological polar surface area (TPSA) is 90.8 Å². The van der Waals surface area contributed by atoms with Crippen molar-refractivity contribution >= 4 is 16.6 Å². The summed E-state index contributed by atoms with van der Waals surface area (Å²) < 4.78 is 0. The van der Waals surface area contributed by atoms with Crippen LogP contribution in [-0.4, -0.2) is 26.4 Å². The summed E-state index contributed by atoms with van der Waals surface area (Å²) in [6.07, 6.45) is 2.83. The summed E-state index contributed by atoms with van der Waals surface area (Å²) in [5.74, 6) is 0.605. The highest BCUT2D eigenvalue weighted by Gasteiger charge is 2.22. The summed E-state index contributed by atoms with van der Waals surface area (Å²) in [5.41, 5.74) is 11.3. The van der Waals surface area contributed by atoms with E-state index < -0.39 is 0 Å². The van der Waals surface area contributed by atoms with E-state index in [1.807, 2.05) is 30.3 Å². The summed E-state index contributed by atoms with van der Waals surface area (Å²) >= 11 is 0. The Morgan fingerprint density at radius 1 is 1.11 bits per heavy atom. The van der Waals surface area contributed by atoms with E-state index in [-0.39, 0.29) is 5.56 Å². The van der Waals surface area contributed by atoms with Crippen molar-refractivity contribution in [2.75, 3.05) is 12.3 Å². The molecule has 140 valence electrons. The van der Waals surface area contributed by atoms with Crippen molar-refractivity contribution in [3.63, 3.8) is 0 Å². The third-order valence-electron chi connectivity index (χ3n) is 5.40. The second-order valence-electron chi connectivity index (χ2n) is 7.28. The third kappa shape index (κ3) is 2.97. The average Bonchev–Trinajstić information content (AvgIpc) is 3.12. The third-order valence-corrected chi connectivity index (χ3v) is 5.40. The number of benzene rings is 2. The van der Waals surface area contributed by atoms with Crippen LogP contribution in [0, 0.1) is 0 Å². The molecule has 5 rings (SSSR count). The first kappa shape index (κ1) is 16.8. The second-order valence-corrected chi connectivity index (χ2v) is 7.28. The molecule has 4 aromatic rings. The van der Waals surface area contributed by atoms with E-state index in [2.05, 4.69) is 39.3 Å². The van der Waals surface area contributed by atoms with Crippen LogP contribution in [0.4, 0.5) is 5.69 Å². The first-order valence-corrected chi connectivity index (χ1v) is 9.43. The van der Waals surface area contributed by atoms with Crippen LogP contribution in [0.2, 0.25) is 0 Å². The normalized spacial score (nSPS) is 14.3. The van der Waals surface area contributed by atoms with Gasteiger partial charge in [-0.05, 0) is 35.9 Å². The van der Waals surface area contributed by atoms with Crippen LogP contribution in [0.3, 0.4) is 0 Å². The van der Waals surface area contributed by atoms with Crippen LogP contribution >= 0.6 is 0 Å². The zero-order chi connectivity index (χ0) is 19.1. The molecule has 2 aromatic carbocycles. The smallest absolute Gasteiger partial charge is 0.255 e. The van der Waals surface area contributed by atoms with Gasteiger partial charge < -0.3 is 15.7 Å². The van der Waals surface area contributed by atoms with Gasteiger partial charge in [-0.1, -0.05) is 18.2 Å². The Morgan fingerprint density at radius 3 is 2.79 bits per heavy atom. The van der Waals surface area contributed by atoms with Crippen molar-refractivity contribution in [1.82, 2.24) is 19.9 Å². The summed E-state index contributed by atoms with van der Waals surface area (Å²) in [5, 5.41) is 1.24. The predicted molar refractivity (Wildman–Crippen MR) is 111 cm³/mol. The van der Waals surface area contributed by atoms with Gasteiger partial charge in [-0.2, -0.15) is 0 Å². The molecule has 0 fully saturated rings. The molecule has 3 heterocycles.